The van der Waals surface area contributed by atoms with Crippen LogP contribution in [0.2, 0.25) is 0 Å². The Morgan fingerprint density at radius 3 is 2.52 bits per heavy atom. The fourth-order valence-corrected chi connectivity index (χ4v) is 3.02. The van der Waals surface area contributed by atoms with Crippen LogP contribution in [0.1, 0.15) is 35.1 Å². The minimum absolute atomic E-state index is 0.188. The van der Waals surface area contributed by atoms with Crippen molar-refractivity contribution < 1.29 is 27.1 Å². The highest BCUT2D eigenvalue weighted by Crippen LogP contribution is 2.32. The Morgan fingerprint density at radius 1 is 1.19 bits per heavy atom. The van der Waals surface area contributed by atoms with Crippen molar-refractivity contribution in [1.29, 1.82) is 0 Å². The Hall–Kier alpha value is -3.43. The lowest BCUT2D eigenvalue weighted by Gasteiger charge is -2.15. The number of carbonyl (C=O) groups is 1. The van der Waals surface area contributed by atoms with E-state index >= 15 is 0 Å². The van der Waals surface area contributed by atoms with Crippen molar-refractivity contribution in [1.82, 2.24) is 20.3 Å². The molecule has 0 fully saturated rings. The molecule has 0 saturated heterocycles. The summed E-state index contributed by atoms with van der Waals surface area (Å²) in [5.74, 6) is -1.03. The van der Waals surface area contributed by atoms with E-state index in [4.69, 9.17) is 4.74 Å². The Balaban J connectivity index is 1.74. The van der Waals surface area contributed by atoms with Crippen molar-refractivity contribution in [3.05, 3.63) is 71.3 Å². The average molecular weight is 436 g/mol. The molecule has 6 nitrogen and oxygen atoms in total. The number of alkyl halides is 3. The number of aryl methyl sites for hydroxylation is 1. The van der Waals surface area contributed by atoms with Crippen LogP contribution in [0.3, 0.4) is 0 Å². The third-order valence-electron chi connectivity index (χ3n) is 4.61. The summed E-state index contributed by atoms with van der Waals surface area (Å²) in [6, 6.07) is 11.4. The standard InChI is InChI=1S/C21H20F4N4O2/c1-13(6-7-14-8-10-17(31-2)11-9-14)26-20(30)18-19(21(23,24)25)29(28-27-18)16-5-3-4-15(22)12-16/h3-5,8-13H,6-7H2,1-2H3,(H,26,30). The fourth-order valence-electron chi connectivity index (χ4n) is 3.02. The first kappa shape index (κ1) is 22.3. The maximum atomic E-state index is 13.7. The van der Waals surface area contributed by atoms with Crippen molar-refractivity contribution in [3.63, 3.8) is 0 Å². The summed E-state index contributed by atoms with van der Waals surface area (Å²) in [4.78, 5) is 12.5. The van der Waals surface area contributed by atoms with Gasteiger partial charge in [0.25, 0.3) is 5.91 Å². The Bertz CT molecular complexity index is 1050. The first-order chi connectivity index (χ1) is 14.7. The molecule has 0 aliphatic heterocycles. The minimum atomic E-state index is -4.92. The van der Waals surface area contributed by atoms with Gasteiger partial charge in [-0.05, 0) is 55.7 Å². The van der Waals surface area contributed by atoms with E-state index < -0.39 is 35.3 Å². The highest BCUT2D eigenvalue weighted by molar-refractivity contribution is 5.93. The van der Waals surface area contributed by atoms with Gasteiger partial charge in [0.15, 0.2) is 11.4 Å². The quantitative estimate of drug-likeness (QED) is 0.564. The average Bonchev–Trinajstić information content (AvgIpc) is 3.19. The van der Waals surface area contributed by atoms with Crippen LogP contribution in [-0.4, -0.2) is 34.1 Å². The van der Waals surface area contributed by atoms with Crippen LogP contribution >= 0.6 is 0 Å². The third kappa shape index (κ3) is 5.39. The summed E-state index contributed by atoms with van der Waals surface area (Å²) in [5.41, 5.74) is -1.42. The van der Waals surface area contributed by atoms with Gasteiger partial charge in [-0.1, -0.05) is 23.4 Å². The molecule has 0 radical (unpaired) electrons. The van der Waals surface area contributed by atoms with Crippen LogP contribution in [-0.2, 0) is 12.6 Å². The number of rotatable bonds is 7. The van der Waals surface area contributed by atoms with Crippen LogP contribution in [0.15, 0.2) is 48.5 Å². The van der Waals surface area contributed by atoms with Gasteiger partial charge in [0.1, 0.15) is 11.6 Å². The molecule has 1 atom stereocenters. The van der Waals surface area contributed by atoms with Crippen LogP contribution in [0.4, 0.5) is 17.6 Å². The number of amides is 1. The zero-order valence-electron chi connectivity index (χ0n) is 16.8. The minimum Gasteiger partial charge on any atom is -0.497 e. The van der Waals surface area contributed by atoms with Crippen LogP contribution in [0.25, 0.3) is 5.69 Å². The third-order valence-corrected chi connectivity index (χ3v) is 4.61. The van der Waals surface area contributed by atoms with Crippen molar-refractivity contribution in [2.75, 3.05) is 7.11 Å². The van der Waals surface area contributed by atoms with Crippen molar-refractivity contribution in [2.24, 2.45) is 0 Å². The Kier molecular flexibility index (Phi) is 6.57. The van der Waals surface area contributed by atoms with E-state index in [1.165, 1.54) is 12.1 Å². The highest BCUT2D eigenvalue weighted by Gasteiger charge is 2.42. The number of nitrogens with zero attached hydrogens (tertiary/aromatic N) is 3. The summed E-state index contributed by atoms with van der Waals surface area (Å²) in [7, 11) is 1.56. The van der Waals surface area contributed by atoms with Crippen LogP contribution in [0.5, 0.6) is 5.75 Å². The normalized spacial score (nSPS) is 12.5. The van der Waals surface area contributed by atoms with Gasteiger partial charge in [-0.2, -0.15) is 13.2 Å². The molecule has 0 aliphatic carbocycles. The maximum absolute atomic E-state index is 13.7. The van der Waals surface area contributed by atoms with Gasteiger partial charge in [-0.3, -0.25) is 4.79 Å². The van der Waals surface area contributed by atoms with Gasteiger partial charge in [-0.25, -0.2) is 9.07 Å². The van der Waals surface area contributed by atoms with E-state index in [0.29, 0.717) is 23.3 Å². The number of nitrogens with one attached hydrogen (secondary N) is 1. The van der Waals surface area contributed by atoms with Crippen LogP contribution < -0.4 is 10.1 Å². The molecule has 31 heavy (non-hydrogen) atoms. The van der Waals surface area contributed by atoms with Gasteiger partial charge in [0.05, 0.1) is 12.8 Å². The lowest BCUT2D eigenvalue weighted by Crippen LogP contribution is -2.34. The predicted octanol–water partition coefficient (Wildman–Crippen LogP) is 4.18. The molecule has 1 unspecified atom stereocenters. The number of benzene rings is 2. The zero-order chi connectivity index (χ0) is 22.6. The number of hydrogen-bond donors (Lipinski definition) is 1. The largest absolute Gasteiger partial charge is 0.497 e. The molecular formula is C21H20F4N4O2. The maximum Gasteiger partial charge on any atom is 0.435 e. The van der Waals surface area contributed by atoms with Crippen molar-refractivity contribution in [2.45, 2.75) is 32.0 Å². The van der Waals surface area contributed by atoms with Gasteiger partial charge >= 0.3 is 6.18 Å². The molecule has 0 aliphatic rings. The van der Waals surface area contributed by atoms with Gasteiger partial charge in [0, 0.05) is 6.04 Å². The Labute approximate surface area is 175 Å². The number of hydrogen-bond acceptors (Lipinski definition) is 4. The van der Waals surface area contributed by atoms with E-state index in [-0.39, 0.29) is 5.69 Å². The smallest absolute Gasteiger partial charge is 0.435 e. The summed E-state index contributed by atoms with van der Waals surface area (Å²) in [6.07, 6.45) is -3.82. The summed E-state index contributed by atoms with van der Waals surface area (Å²) in [5, 5.41) is 9.39. The molecule has 164 valence electrons. The number of halogens is 4. The second-order valence-corrected chi connectivity index (χ2v) is 6.94. The number of aromatic nitrogens is 3. The monoisotopic (exact) mass is 436 g/mol. The highest BCUT2D eigenvalue weighted by atomic mass is 19.4. The van der Waals surface area contributed by atoms with E-state index in [0.717, 1.165) is 17.7 Å². The van der Waals surface area contributed by atoms with E-state index in [1.807, 2.05) is 12.1 Å². The fraction of sp³-hybridized carbons (Fsp3) is 0.286. The number of methoxy groups -OCH3 is 1. The zero-order valence-corrected chi connectivity index (χ0v) is 16.8. The van der Waals surface area contributed by atoms with Crippen molar-refractivity contribution in [3.8, 4) is 11.4 Å². The molecule has 0 spiro atoms. The van der Waals surface area contributed by atoms with E-state index in [2.05, 4.69) is 15.6 Å². The molecule has 1 N–H and O–H groups in total. The summed E-state index contributed by atoms with van der Waals surface area (Å²) < 4.78 is 60.0. The summed E-state index contributed by atoms with van der Waals surface area (Å²) in [6.45, 7) is 1.69. The number of carbonyl (C=O) groups excluding carboxylic acids is 1. The molecule has 0 saturated carbocycles. The lowest BCUT2D eigenvalue weighted by atomic mass is 10.1. The van der Waals surface area contributed by atoms with Gasteiger partial charge in [0.2, 0.25) is 0 Å². The molecule has 1 aromatic heterocycles. The molecule has 2 aromatic carbocycles. The summed E-state index contributed by atoms with van der Waals surface area (Å²) >= 11 is 0. The molecule has 10 heteroatoms. The predicted molar refractivity (Wildman–Crippen MR) is 105 cm³/mol. The molecule has 3 aromatic rings. The second kappa shape index (κ2) is 9.15. The first-order valence-corrected chi connectivity index (χ1v) is 9.41. The first-order valence-electron chi connectivity index (χ1n) is 9.41. The molecule has 3 rings (SSSR count). The Morgan fingerprint density at radius 2 is 1.90 bits per heavy atom. The topological polar surface area (TPSA) is 69.0 Å². The van der Waals surface area contributed by atoms with Crippen LogP contribution in [0, 0.1) is 5.82 Å². The van der Waals surface area contributed by atoms with E-state index in [9.17, 15) is 22.4 Å². The molecule has 1 heterocycles. The molecule has 0 bridgehead atoms. The van der Waals surface area contributed by atoms with Gasteiger partial charge < -0.3 is 10.1 Å². The SMILES string of the molecule is COc1ccc(CCC(C)NC(=O)c2nnn(-c3cccc(F)c3)c2C(F)(F)F)cc1. The van der Waals surface area contributed by atoms with E-state index in [1.54, 1.807) is 26.2 Å². The second-order valence-electron chi connectivity index (χ2n) is 6.94. The lowest BCUT2D eigenvalue weighted by molar-refractivity contribution is -0.143. The van der Waals surface area contributed by atoms with Crippen molar-refractivity contribution >= 4 is 5.91 Å². The number of ether oxygens (including phenoxy) is 1. The van der Waals surface area contributed by atoms with Gasteiger partial charge in [-0.15, -0.1) is 5.10 Å². The molecule has 1 amide bonds. The molecular weight excluding hydrogens is 416 g/mol.